The van der Waals surface area contributed by atoms with E-state index in [4.69, 9.17) is 0 Å². The summed E-state index contributed by atoms with van der Waals surface area (Å²) in [7, 11) is 0. The van der Waals surface area contributed by atoms with Gasteiger partial charge in [0.2, 0.25) is 0 Å². The Hall–Kier alpha value is -3.67. The van der Waals surface area contributed by atoms with Crippen LogP contribution in [0.1, 0.15) is 16.7 Å². The Morgan fingerprint density at radius 2 is 1.00 bits per heavy atom. The Morgan fingerprint density at radius 3 is 1.54 bits per heavy atom. The van der Waals surface area contributed by atoms with E-state index in [9.17, 15) is 0 Å². The van der Waals surface area contributed by atoms with Gasteiger partial charge in [-0.05, 0) is 33.7 Å². The number of hydrogen-bond donors (Lipinski definition) is 0. The molecule has 0 saturated heterocycles. The summed E-state index contributed by atoms with van der Waals surface area (Å²) in [6, 6.07) is 39.6. The number of aliphatic imine (C=N–C) groups is 1. The van der Waals surface area contributed by atoms with E-state index < -0.39 is 0 Å². The first-order chi connectivity index (χ1) is 13.9. The van der Waals surface area contributed by atoms with Crippen LogP contribution in [0.2, 0.25) is 0 Å². The highest BCUT2D eigenvalue weighted by Crippen LogP contribution is 2.21. The highest BCUT2D eigenvalue weighted by Gasteiger charge is 2.03. The Bertz CT molecular complexity index is 1030. The molecule has 4 aromatic rings. The van der Waals surface area contributed by atoms with Gasteiger partial charge in [0.25, 0.3) is 0 Å². The topological polar surface area (TPSA) is 12.4 Å². The van der Waals surface area contributed by atoms with Crippen LogP contribution >= 0.6 is 0 Å². The van der Waals surface area contributed by atoms with Gasteiger partial charge in [-0.1, -0.05) is 115 Å². The normalized spacial score (nSPS) is 10.1. The summed E-state index contributed by atoms with van der Waals surface area (Å²) in [5.74, 6) is 3.29. The molecule has 0 aliphatic heterocycles. The summed E-state index contributed by atoms with van der Waals surface area (Å²) in [6.07, 6.45) is 0. The smallest absolute Gasteiger partial charge is 0.0734 e. The molecule has 0 fully saturated rings. The SMILES string of the molecule is C(=NCc1ccc(-c2ccccc2)cc1)=C(c1ccccc1)c1ccccc1. The summed E-state index contributed by atoms with van der Waals surface area (Å²) in [5.41, 5.74) is 6.88. The lowest BCUT2D eigenvalue weighted by Crippen LogP contribution is -1.89. The van der Waals surface area contributed by atoms with Gasteiger partial charge in [-0.3, -0.25) is 0 Å². The minimum absolute atomic E-state index is 0.609. The van der Waals surface area contributed by atoms with Gasteiger partial charge < -0.3 is 0 Å². The van der Waals surface area contributed by atoms with Gasteiger partial charge in [-0.2, -0.15) is 0 Å². The van der Waals surface area contributed by atoms with Crippen LogP contribution in [-0.2, 0) is 6.54 Å². The Labute approximate surface area is 166 Å². The first kappa shape index (κ1) is 17.7. The number of hydrogen-bond acceptors (Lipinski definition) is 1. The van der Waals surface area contributed by atoms with Crippen molar-refractivity contribution in [3.63, 3.8) is 0 Å². The molecule has 0 spiro atoms. The molecule has 0 saturated carbocycles. The van der Waals surface area contributed by atoms with Gasteiger partial charge in [0.15, 0.2) is 0 Å². The molecule has 0 bridgehead atoms. The first-order valence-corrected chi connectivity index (χ1v) is 9.45. The molecule has 0 radical (unpaired) electrons. The van der Waals surface area contributed by atoms with Crippen molar-refractivity contribution in [2.45, 2.75) is 6.54 Å². The molecule has 0 heterocycles. The molecule has 1 heteroatoms. The molecule has 0 aliphatic rings. The van der Waals surface area contributed by atoms with E-state index in [1.54, 1.807) is 0 Å². The van der Waals surface area contributed by atoms with Crippen molar-refractivity contribution < 1.29 is 0 Å². The lowest BCUT2D eigenvalue weighted by Gasteiger charge is -2.05. The molecule has 134 valence electrons. The van der Waals surface area contributed by atoms with E-state index in [-0.39, 0.29) is 0 Å². The van der Waals surface area contributed by atoms with Gasteiger partial charge in [0, 0.05) is 0 Å². The predicted octanol–water partition coefficient (Wildman–Crippen LogP) is 6.66. The average Bonchev–Trinajstić information content (AvgIpc) is 2.79. The van der Waals surface area contributed by atoms with Crippen molar-refractivity contribution in [1.82, 2.24) is 0 Å². The van der Waals surface area contributed by atoms with Crippen LogP contribution in [0.4, 0.5) is 0 Å². The van der Waals surface area contributed by atoms with Gasteiger partial charge in [-0.15, -0.1) is 0 Å². The summed E-state index contributed by atoms with van der Waals surface area (Å²) in [4.78, 5) is 4.61. The largest absolute Gasteiger partial charge is 0.238 e. The predicted molar refractivity (Wildman–Crippen MR) is 118 cm³/mol. The van der Waals surface area contributed by atoms with Crippen LogP contribution in [0, 0.1) is 0 Å². The molecule has 0 aliphatic carbocycles. The minimum atomic E-state index is 0.609. The average molecular weight is 359 g/mol. The molecule has 28 heavy (non-hydrogen) atoms. The summed E-state index contributed by atoms with van der Waals surface area (Å²) < 4.78 is 0. The second kappa shape index (κ2) is 8.81. The van der Waals surface area contributed by atoms with E-state index in [2.05, 4.69) is 83.7 Å². The lowest BCUT2D eigenvalue weighted by molar-refractivity contribution is 1.08. The third kappa shape index (κ3) is 4.35. The fourth-order valence-electron chi connectivity index (χ4n) is 3.15. The standard InChI is InChI=1S/C27H21N/c1-4-10-23(11-5-1)24-18-16-22(17-19-24)20-28-21-27(25-12-6-2-7-13-25)26-14-8-3-9-15-26/h1-19H,20H2. The maximum atomic E-state index is 4.61. The number of benzene rings is 4. The van der Waals surface area contributed by atoms with E-state index in [1.165, 1.54) is 16.7 Å². The van der Waals surface area contributed by atoms with Gasteiger partial charge in [0.05, 0.1) is 12.1 Å². The zero-order valence-electron chi connectivity index (χ0n) is 15.6. The van der Waals surface area contributed by atoms with Crippen LogP contribution in [-0.4, -0.2) is 5.87 Å². The summed E-state index contributed by atoms with van der Waals surface area (Å²) in [6.45, 7) is 0.609. The van der Waals surface area contributed by atoms with Gasteiger partial charge in [0.1, 0.15) is 0 Å². The van der Waals surface area contributed by atoms with Crippen LogP contribution in [0.5, 0.6) is 0 Å². The van der Waals surface area contributed by atoms with Crippen molar-refractivity contribution >= 4 is 11.4 Å². The molecule has 1 nitrogen and oxygen atoms in total. The van der Waals surface area contributed by atoms with E-state index in [1.807, 2.05) is 42.5 Å². The van der Waals surface area contributed by atoms with Gasteiger partial charge >= 0.3 is 0 Å². The summed E-state index contributed by atoms with van der Waals surface area (Å²) in [5, 5.41) is 0. The molecule has 4 aromatic carbocycles. The molecule has 0 aromatic heterocycles. The minimum Gasteiger partial charge on any atom is -0.238 e. The molecule has 4 rings (SSSR count). The van der Waals surface area contributed by atoms with Crippen molar-refractivity contribution in [2.75, 3.05) is 0 Å². The van der Waals surface area contributed by atoms with Crippen LogP contribution in [0.3, 0.4) is 0 Å². The zero-order valence-corrected chi connectivity index (χ0v) is 15.6. The second-order valence-electron chi connectivity index (χ2n) is 6.60. The van der Waals surface area contributed by atoms with E-state index in [0.717, 1.165) is 16.7 Å². The lowest BCUT2D eigenvalue weighted by atomic mass is 9.99. The fraction of sp³-hybridized carbons (Fsp3) is 0.0370. The maximum absolute atomic E-state index is 4.61. The molecule has 0 N–H and O–H groups in total. The Kier molecular flexibility index (Phi) is 5.58. The zero-order chi connectivity index (χ0) is 19.0. The van der Waals surface area contributed by atoms with Crippen molar-refractivity contribution in [3.8, 4) is 11.1 Å². The fourth-order valence-corrected chi connectivity index (χ4v) is 3.15. The van der Waals surface area contributed by atoms with Gasteiger partial charge in [-0.25, -0.2) is 4.99 Å². The Balaban J connectivity index is 1.59. The Morgan fingerprint density at radius 1 is 0.536 bits per heavy atom. The molecule has 0 unspecified atom stereocenters. The quantitative estimate of drug-likeness (QED) is 0.354. The highest BCUT2D eigenvalue weighted by atomic mass is 14.7. The van der Waals surface area contributed by atoms with E-state index >= 15 is 0 Å². The third-order valence-corrected chi connectivity index (χ3v) is 4.64. The van der Waals surface area contributed by atoms with Crippen LogP contribution < -0.4 is 0 Å². The first-order valence-electron chi connectivity index (χ1n) is 9.45. The van der Waals surface area contributed by atoms with E-state index in [0.29, 0.717) is 6.54 Å². The molecular weight excluding hydrogens is 338 g/mol. The highest BCUT2D eigenvalue weighted by molar-refractivity contribution is 5.98. The van der Waals surface area contributed by atoms with Crippen LogP contribution in [0.15, 0.2) is 120 Å². The maximum Gasteiger partial charge on any atom is 0.0734 e. The molecular formula is C27H21N. The third-order valence-electron chi connectivity index (χ3n) is 4.64. The number of nitrogens with zero attached hydrogens (tertiary/aromatic N) is 1. The van der Waals surface area contributed by atoms with Crippen LogP contribution in [0.25, 0.3) is 16.7 Å². The van der Waals surface area contributed by atoms with Crippen molar-refractivity contribution in [2.24, 2.45) is 4.99 Å². The molecule has 0 atom stereocenters. The second-order valence-corrected chi connectivity index (χ2v) is 6.60. The van der Waals surface area contributed by atoms with Crippen molar-refractivity contribution in [3.05, 3.63) is 132 Å². The van der Waals surface area contributed by atoms with Crippen molar-refractivity contribution in [1.29, 1.82) is 0 Å². The monoisotopic (exact) mass is 359 g/mol. The molecule has 0 amide bonds. The summed E-state index contributed by atoms with van der Waals surface area (Å²) >= 11 is 0. The number of rotatable bonds is 5.